The van der Waals surface area contributed by atoms with Gasteiger partial charge in [-0.2, -0.15) is 13.2 Å². The molecule has 0 aromatic heterocycles. The van der Waals surface area contributed by atoms with Crippen LogP contribution in [0, 0.1) is 5.82 Å². The predicted molar refractivity (Wildman–Crippen MR) is 110 cm³/mol. The molecule has 1 aromatic rings. The third-order valence-corrected chi connectivity index (χ3v) is 5.87. The lowest BCUT2D eigenvalue weighted by molar-refractivity contribution is -0.149. The summed E-state index contributed by atoms with van der Waals surface area (Å²) in [5.74, 6) is -5.73. The van der Waals surface area contributed by atoms with Gasteiger partial charge >= 0.3 is 18.1 Å². The molecule has 0 aliphatic carbocycles. The van der Waals surface area contributed by atoms with Crippen LogP contribution in [0.4, 0.5) is 22.0 Å². The Balaban J connectivity index is 2.27. The number of carbonyl (C=O) groups is 2. The molecule has 0 radical (unpaired) electrons. The Morgan fingerprint density at radius 3 is 2.38 bits per heavy atom. The minimum absolute atomic E-state index is 0.102. The van der Waals surface area contributed by atoms with Crippen LogP contribution in [-0.2, 0) is 30.0 Å². The second-order valence-electron chi connectivity index (χ2n) is 7.65. The number of dihydropyridines is 1. The van der Waals surface area contributed by atoms with Crippen LogP contribution >= 0.6 is 11.6 Å². The van der Waals surface area contributed by atoms with Crippen molar-refractivity contribution in [2.45, 2.75) is 38.0 Å². The van der Waals surface area contributed by atoms with E-state index in [1.54, 1.807) is 0 Å². The lowest BCUT2D eigenvalue weighted by Gasteiger charge is -2.33. The number of rotatable bonds is 5. The molecule has 3 rings (SSSR count). The van der Waals surface area contributed by atoms with Crippen molar-refractivity contribution in [2.75, 3.05) is 27.0 Å². The average Bonchev–Trinajstić information content (AvgIpc) is 2.78. The maximum atomic E-state index is 15.1. The molecule has 2 aliphatic rings. The number of carbonyl (C=O) groups excluding carboxylic acids is 2. The molecule has 1 N–H and O–H groups in total. The van der Waals surface area contributed by atoms with Gasteiger partial charge in [-0.3, -0.25) is 0 Å². The van der Waals surface area contributed by atoms with Crippen LogP contribution in [0.2, 0.25) is 5.02 Å². The maximum Gasteiger partial charge on any atom is 0.418 e. The molecule has 186 valence electrons. The molecule has 0 amide bonds. The van der Waals surface area contributed by atoms with Gasteiger partial charge < -0.3 is 19.5 Å². The number of benzene rings is 1. The van der Waals surface area contributed by atoms with Gasteiger partial charge in [-0.1, -0.05) is 11.6 Å². The summed E-state index contributed by atoms with van der Waals surface area (Å²) in [6.45, 7) is 0.563. The zero-order valence-corrected chi connectivity index (χ0v) is 18.9. The fourth-order valence-corrected chi connectivity index (χ4v) is 4.33. The molecular weight excluding hydrogens is 489 g/mol. The molecule has 34 heavy (non-hydrogen) atoms. The van der Waals surface area contributed by atoms with Crippen molar-refractivity contribution in [1.82, 2.24) is 5.32 Å². The van der Waals surface area contributed by atoms with Crippen LogP contribution < -0.4 is 5.32 Å². The molecule has 0 saturated carbocycles. The van der Waals surface area contributed by atoms with Crippen molar-refractivity contribution >= 4 is 23.5 Å². The molecule has 6 nitrogen and oxygen atoms in total. The number of hydrogen-bond donors (Lipinski definition) is 1. The summed E-state index contributed by atoms with van der Waals surface area (Å²) in [6, 6.07) is 1.38. The Labute approximate surface area is 196 Å². The van der Waals surface area contributed by atoms with E-state index < -0.39 is 75.6 Å². The Morgan fingerprint density at radius 1 is 1.18 bits per heavy atom. The predicted octanol–water partition coefficient (Wildman–Crippen LogP) is 4.58. The normalized spacial score (nSPS) is 19.7. The molecule has 0 bridgehead atoms. The quantitative estimate of drug-likeness (QED) is 0.463. The summed E-state index contributed by atoms with van der Waals surface area (Å²) in [5, 5.41) is 1.65. The zero-order chi connectivity index (χ0) is 25.2. The minimum atomic E-state index is -5.17. The molecule has 1 aromatic carbocycles. The Bertz CT molecular complexity index is 1050. The molecule has 1 saturated heterocycles. The van der Waals surface area contributed by atoms with Crippen molar-refractivity contribution in [3.05, 3.63) is 56.6 Å². The standard InChI is InChI=1S/C22H21ClF5NO5/c1-10-15(21(31)34-11-5-7-33-8-6-11)18(17(20(30)32-2)14(9-24)29-10)16-13(25)4-3-12(23)19(16)22(26,27)28/h3-4,11,18,29H,5-9H2,1-2H3. The molecular formula is C22H21ClF5NO5. The number of allylic oxidation sites excluding steroid dienone is 2. The first kappa shape index (κ1) is 26.0. The van der Waals surface area contributed by atoms with Crippen LogP contribution in [0.25, 0.3) is 0 Å². The molecule has 0 spiro atoms. The minimum Gasteiger partial charge on any atom is -0.466 e. The van der Waals surface area contributed by atoms with Crippen molar-refractivity contribution < 1.29 is 45.8 Å². The molecule has 12 heteroatoms. The monoisotopic (exact) mass is 509 g/mol. The summed E-state index contributed by atoms with van der Waals surface area (Å²) in [4.78, 5) is 25.8. The number of halogens is 6. The first-order valence-corrected chi connectivity index (χ1v) is 10.6. The van der Waals surface area contributed by atoms with E-state index in [2.05, 4.69) is 10.1 Å². The smallest absolute Gasteiger partial charge is 0.418 e. The third-order valence-electron chi connectivity index (χ3n) is 5.56. The Kier molecular flexibility index (Phi) is 7.87. The van der Waals surface area contributed by atoms with Gasteiger partial charge in [0.15, 0.2) is 0 Å². The van der Waals surface area contributed by atoms with Gasteiger partial charge in [-0.15, -0.1) is 0 Å². The second-order valence-corrected chi connectivity index (χ2v) is 8.05. The Morgan fingerprint density at radius 2 is 1.82 bits per heavy atom. The van der Waals surface area contributed by atoms with Gasteiger partial charge in [-0.25, -0.2) is 18.4 Å². The summed E-state index contributed by atoms with van der Waals surface area (Å²) in [7, 11) is 0.923. The first-order chi connectivity index (χ1) is 16.0. The summed E-state index contributed by atoms with van der Waals surface area (Å²) in [5.41, 5.74) is -4.45. The number of ether oxygens (including phenoxy) is 3. The van der Waals surface area contributed by atoms with Crippen LogP contribution in [-0.4, -0.2) is 45.0 Å². The van der Waals surface area contributed by atoms with E-state index in [1.165, 1.54) is 6.92 Å². The summed E-state index contributed by atoms with van der Waals surface area (Å²) < 4.78 is 86.3. The van der Waals surface area contributed by atoms with Crippen molar-refractivity contribution in [1.29, 1.82) is 0 Å². The molecule has 1 unspecified atom stereocenters. The highest BCUT2D eigenvalue weighted by molar-refractivity contribution is 6.31. The van der Waals surface area contributed by atoms with Gasteiger partial charge in [0.25, 0.3) is 0 Å². The van der Waals surface area contributed by atoms with Gasteiger partial charge in [0.1, 0.15) is 18.6 Å². The lowest BCUT2D eigenvalue weighted by Crippen LogP contribution is -2.36. The number of nitrogens with one attached hydrogen (secondary N) is 1. The summed E-state index contributed by atoms with van der Waals surface area (Å²) >= 11 is 5.80. The largest absolute Gasteiger partial charge is 0.466 e. The van der Waals surface area contributed by atoms with Crippen LogP contribution in [0.1, 0.15) is 36.8 Å². The fraction of sp³-hybridized carbons (Fsp3) is 0.455. The van der Waals surface area contributed by atoms with Crippen molar-refractivity contribution in [2.24, 2.45) is 0 Å². The van der Waals surface area contributed by atoms with E-state index in [0.29, 0.717) is 38.2 Å². The van der Waals surface area contributed by atoms with Crippen molar-refractivity contribution in [3.8, 4) is 0 Å². The lowest BCUT2D eigenvalue weighted by atomic mass is 9.78. The highest BCUT2D eigenvalue weighted by Crippen LogP contribution is 2.48. The highest BCUT2D eigenvalue weighted by Gasteiger charge is 2.46. The summed E-state index contributed by atoms with van der Waals surface area (Å²) in [6.07, 6.45) is -5.10. The average molecular weight is 510 g/mol. The topological polar surface area (TPSA) is 73.9 Å². The van der Waals surface area contributed by atoms with Crippen LogP contribution in [0.3, 0.4) is 0 Å². The third kappa shape index (κ3) is 5.05. The van der Waals surface area contributed by atoms with Crippen LogP contribution in [0.5, 0.6) is 0 Å². The van der Waals surface area contributed by atoms with Gasteiger partial charge in [0, 0.05) is 24.1 Å². The van der Waals surface area contributed by atoms with Gasteiger partial charge in [0.05, 0.1) is 53.7 Å². The highest BCUT2D eigenvalue weighted by atomic mass is 35.5. The molecule has 1 atom stereocenters. The Hall–Kier alpha value is -2.66. The van der Waals surface area contributed by atoms with Gasteiger partial charge in [0.2, 0.25) is 0 Å². The number of alkyl halides is 4. The molecule has 2 aliphatic heterocycles. The van der Waals surface area contributed by atoms with E-state index in [0.717, 1.165) is 7.11 Å². The van der Waals surface area contributed by atoms with Gasteiger partial charge in [-0.05, 0) is 19.1 Å². The van der Waals surface area contributed by atoms with Crippen molar-refractivity contribution in [3.63, 3.8) is 0 Å². The first-order valence-electron chi connectivity index (χ1n) is 10.2. The van der Waals surface area contributed by atoms with E-state index in [4.69, 9.17) is 21.1 Å². The zero-order valence-electron chi connectivity index (χ0n) is 18.2. The number of esters is 2. The fourth-order valence-electron chi connectivity index (χ4n) is 4.06. The van der Waals surface area contributed by atoms with E-state index in [-0.39, 0.29) is 5.70 Å². The SMILES string of the molecule is COC(=O)C1=C(CF)NC(C)=C(C(=O)OC2CCOCC2)C1c1c(F)ccc(Cl)c1C(F)(F)F. The number of methoxy groups -OCH3 is 1. The molecule has 1 fully saturated rings. The van der Waals surface area contributed by atoms with Crippen LogP contribution in [0.15, 0.2) is 34.7 Å². The molecule has 2 heterocycles. The number of hydrogen-bond acceptors (Lipinski definition) is 6. The van der Waals surface area contributed by atoms with E-state index in [1.807, 2.05) is 0 Å². The second kappa shape index (κ2) is 10.3. The maximum absolute atomic E-state index is 15.1. The van der Waals surface area contributed by atoms with E-state index >= 15 is 4.39 Å². The van der Waals surface area contributed by atoms with E-state index in [9.17, 15) is 27.2 Å².